The van der Waals surface area contributed by atoms with Crippen LogP contribution in [0.25, 0.3) is 0 Å². The molecule has 0 bridgehead atoms. The average Bonchev–Trinajstić information content (AvgIpc) is 2.70. The number of carbonyl (C=O) groups is 2. The van der Waals surface area contributed by atoms with Gasteiger partial charge in [-0.15, -0.1) is 0 Å². The summed E-state index contributed by atoms with van der Waals surface area (Å²) >= 11 is 0. The smallest absolute Gasteiger partial charge is 0.337 e. The summed E-state index contributed by atoms with van der Waals surface area (Å²) < 4.78 is 4.65. The van der Waals surface area contributed by atoms with Crippen molar-refractivity contribution in [3.63, 3.8) is 0 Å². The molecule has 0 fully saturated rings. The second-order valence-electron chi connectivity index (χ2n) is 6.23. The minimum absolute atomic E-state index is 0.222. The van der Waals surface area contributed by atoms with Crippen molar-refractivity contribution in [1.29, 1.82) is 0 Å². The molecule has 0 spiro atoms. The molecule has 0 aliphatic rings. The number of benzene rings is 2. The number of esters is 1. The molecule has 1 heterocycles. The summed E-state index contributed by atoms with van der Waals surface area (Å²) in [6, 6.07) is 13.9. The van der Waals surface area contributed by atoms with Crippen LogP contribution in [0, 0.1) is 13.8 Å². The maximum atomic E-state index is 12.5. The number of aromatic nitrogens is 2. The number of aryl methyl sites for hydroxylation is 2. The summed E-state index contributed by atoms with van der Waals surface area (Å²) in [7, 11) is 1.32. The Morgan fingerprint density at radius 1 is 1.00 bits per heavy atom. The number of rotatable bonds is 5. The highest BCUT2D eigenvalue weighted by atomic mass is 16.5. The predicted molar refractivity (Wildman–Crippen MR) is 107 cm³/mol. The summed E-state index contributed by atoms with van der Waals surface area (Å²) in [6.45, 7) is 4.01. The minimum atomic E-state index is -0.434. The number of methoxy groups -OCH3 is 1. The molecule has 0 aliphatic heterocycles. The Morgan fingerprint density at radius 3 is 2.43 bits per heavy atom. The van der Waals surface area contributed by atoms with Gasteiger partial charge in [0, 0.05) is 17.6 Å². The van der Waals surface area contributed by atoms with Gasteiger partial charge in [0.05, 0.1) is 12.7 Å². The van der Waals surface area contributed by atoms with E-state index in [4.69, 9.17) is 0 Å². The first-order valence-electron chi connectivity index (χ1n) is 8.63. The van der Waals surface area contributed by atoms with Gasteiger partial charge in [-0.2, -0.15) is 0 Å². The molecule has 0 saturated heterocycles. The maximum Gasteiger partial charge on any atom is 0.337 e. The van der Waals surface area contributed by atoms with E-state index >= 15 is 0 Å². The lowest BCUT2D eigenvalue weighted by Gasteiger charge is -2.10. The van der Waals surface area contributed by atoms with Gasteiger partial charge in [0.25, 0.3) is 5.91 Å². The Bertz CT molecular complexity index is 1020. The second-order valence-corrected chi connectivity index (χ2v) is 6.23. The predicted octanol–water partition coefficient (Wildman–Crippen LogP) is 3.88. The molecule has 0 unspecified atom stereocenters. The first-order valence-corrected chi connectivity index (χ1v) is 8.63. The monoisotopic (exact) mass is 376 g/mol. The molecule has 2 N–H and O–H groups in total. The van der Waals surface area contributed by atoms with E-state index in [2.05, 4.69) is 31.4 Å². The molecule has 0 atom stereocenters. The molecule has 1 amide bonds. The molecule has 28 heavy (non-hydrogen) atoms. The Labute approximate surface area is 162 Å². The number of hydrogen-bond donors (Lipinski definition) is 2. The van der Waals surface area contributed by atoms with Crippen molar-refractivity contribution < 1.29 is 14.3 Å². The summed E-state index contributed by atoms with van der Waals surface area (Å²) in [6.07, 6.45) is 1.52. The zero-order valence-electron chi connectivity index (χ0n) is 15.8. The van der Waals surface area contributed by atoms with Crippen LogP contribution in [0.2, 0.25) is 0 Å². The van der Waals surface area contributed by atoms with Gasteiger partial charge in [-0.25, -0.2) is 14.8 Å². The summed E-state index contributed by atoms with van der Waals surface area (Å²) in [5.41, 5.74) is 4.27. The van der Waals surface area contributed by atoms with Gasteiger partial charge in [-0.1, -0.05) is 17.7 Å². The number of ether oxygens (including phenoxy) is 1. The lowest BCUT2D eigenvalue weighted by atomic mass is 10.1. The van der Waals surface area contributed by atoms with Crippen LogP contribution in [0.15, 0.2) is 54.7 Å². The SMILES string of the molecule is COC(=O)c1ccc(NC(=O)c2ccnc(Nc3ccc(C)cc3C)n2)cc1. The van der Waals surface area contributed by atoms with Crippen LogP contribution in [0.4, 0.5) is 17.3 Å². The lowest BCUT2D eigenvalue weighted by molar-refractivity contribution is 0.0600. The topological polar surface area (TPSA) is 93.2 Å². The normalized spacial score (nSPS) is 10.2. The number of nitrogens with zero attached hydrogens (tertiary/aromatic N) is 2. The maximum absolute atomic E-state index is 12.5. The molecule has 1 aromatic heterocycles. The Kier molecular flexibility index (Phi) is 5.64. The fraction of sp³-hybridized carbons (Fsp3) is 0.143. The standard InChI is InChI=1S/C21H20N4O3/c1-13-4-9-17(14(2)12-13)24-21-22-11-10-18(25-21)19(26)23-16-7-5-15(6-8-16)20(27)28-3/h4-12H,1-3H3,(H,23,26)(H,22,24,25). The van der Waals surface area contributed by atoms with Crippen LogP contribution in [-0.2, 0) is 4.74 Å². The fourth-order valence-electron chi connectivity index (χ4n) is 2.62. The number of anilines is 3. The summed E-state index contributed by atoms with van der Waals surface area (Å²) in [5.74, 6) is -0.478. The highest BCUT2D eigenvalue weighted by molar-refractivity contribution is 6.03. The third-order valence-corrected chi connectivity index (χ3v) is 4.08. The zero-order valence-corrected chi connectivity index (χ0v) is 15.8. The van der Waals surface area contributed by atoms with E-state index < -0.39 is 5.97 Å². The molecular weight excluding hydrogens is 356 g/mol. The molecule has 7 heteroatoms. The number of nitrogens with one attached hydrogen (secondary N) is 2. The molecule has 2 aromatic carbocycles. The minimum Gasteiger partial charge on any atom is -0.465 e. The molecule has 0 radical (unpaired) electrons. The van der Waals surface area contributed by atoms with Gasteiger partial charge >= 0.3 is 5.97 Å². The Balaban J connectivity index is 1.72. The molecule has 7 nitrogen and oxygen atoms in total. The van der Waals surface area contributed by atoms with E-state index in [0.717, 1.165) is 16.8 Å². The van der Waals surface area contributed by atoms with Crippen LogP contribution in [0.1, 0.15) is 32.0 Å². The molecule has 3 rings (SSSR count). The third kappa shape index (κ3) is 4.50. The second kappa shape index (κ2) is 8.30. The molecule has 0 aliphatic carbocycles. The van der Waals surface area contributed by atoms with E-state index in [9.17, 15) is 9.59 Å². The van der Waals surface area contributed by atoms with Gasteiger partial charge in [0.1, 0.15) is 5.69 Å². The zero-order chi connectivity index (χ0) is 20.1. The lowest BCUT2D eigenvalue weighted by Crippen LogP contribution is -2.15. The first-order chi connectivity index (χ1) is 13.5. The Morgan fingerprint density at radius 2 is 1.75 bits per heavy atom. The van der Waals surface area contributed by atoms with Gasteiger partial charge in [0.15, 0.2) is 0 Å². The summed E-state index contributed by atoms with van der Waals surface area (Å²) in [4.78, 5) is 32.4. The van der Waals surface area contributed by atoms with E-state index in [-0.39, 0.29) is 11.6 Å². The van der Waals surface area contributed by atoms with Gasteiger partial charge in [-0.3, -0.25) is 4.79 Å². The van der Waals surface area contributed by atoms with E-state index in [1.165, 1.54) is 19.4 Å². The van der Waals surface area contributed by atoms with Crippen LogP contribution >= 0.6 is 0 Å². The van der Waals surface area contributed by atoms with Crippen LogP contribution < -0.4 is 10.6 Å². The molecule has 0 saturated carbocycles. The van der Waals surface area contributed by atoms with Crippen molar-refractivity contribution in [2.45, 2.75) is 13.8 Å². The van der Waals surface area contributed by atoms with Crippen LogP contribution in [-0.4, -0.2) is 29.0 Å². The average molecular weight is 376 g/mol. The van der Waals surface area contributed by atoms with E-state index in [0.29, 0.717) is 17.2 Å². The van der Waals surface area contributed by atoms with E-state index in [1.807, 2.05) is 26.0 Å². The van der Waals surface area contributed by atoms with Gasteiger partial charge < -0.3 is 15.4 Å². The number of hydrogen-bond acceptors (Lipinski definition) is 6. The number of amides is 1. The largest absolute Gasteiger partial charge is 0.465 e. The van der Waals surface area contributed by atoms with Crippen molar-refractivity contribution in [3.05, 3.63) is 77.1 Å². The quantitative estimate of drug-likeness (QED) is 0.657. The van der Waals surface area contributed by atoms with Crippen molar-refractivity contribution in [2.75, 3.05) is 17.7 Å². The highest BCUT2D eigenvalue weighted by Crippen LogP contribution is 2.19. The van der Waals surface area contributed by atoms with Crippen LogP contribution in [0.3, 0.4) is 0 Å². The Hall–Kier alpha value is -3.74. The van der Waals surface area contributed by atoms with Crippen molar-refractivity contribution in [2.24, 2.45) is 0 Å². The van der Waals surface area contributed by atoms with Crippen LogP contribution in [0.5, 0.6) is 0 Å². The third-order valence-electron chi connectivity index (χ3n) is 4.08. The molecule has 3 aromatic rings. The summed E-state index contributed by atoms with van der Waals surface area (Å²) in [5, 5.41) is 5.87. The fourth-order valence-corrected chi connectivity index (χ4v) is 2.62. The van der Waals surface area contributed by atoms with Crippen molar-refractivity contribution >= 4 is 29.2 Å². The molecular formula is C21H20N4O3. The van der Waals surface area contributed by atoms with Gasteiger partial charge in [-0.05, 0) is 55.8 Å². The van der Waals surface area contributed by atoms with E-state index in [1.54, 1.807) is 24.3 Å². The highest BCUT2D eigenvalue weighted by Gasteiger charge is 2.11. The molecule has 142 valence electrons. The first kappa shape index (κ1) is 19.0. The van der Waals surface area contributed by atoms with Crippen molar-refractivity contribution in [3.8, 4) is 0 Å². The number of carbonyl (C=O) groups excluding carboxylic acids is 2. The van der Waals surface area contributed by atoms with Crippen molar-refractivity contribution in [1.82, 2.24) is 9.97 Å². The van der Waals surface area contributed by atoms with Gasteiger partial charge in [0.2, 0.25) is 5.95 Å².